The Kier molecular flexibility index (Phi) is 4.22. The molecule has 0 atom stereocenters. The topological polar surface area (TPSA) is 26.0 Å². The lowest BCUT2D eigenvalue weighted by molar-refractivity contribution is 0.597. The molecule has 0 spiro atoms. The molecule has 4 heteroatoms. The number of hydrogen-bond donors (Lipinski definition) is 1. The van der Waals surface area contributed by atoms with Gasteiger partial charge in [-0.2, -0.15) is 0 Å². The van der Waals surface area contributed by atoms with E-state index >= 15 is 0 Å². The van der Waals surface area contributed by atoms with Gasteiger partial charge in [0.2, 0.25) is 0 Å². The zero-order chi connectivity index (χ0) is 9.84. The maximum atomic E-state index is 13.3. The van der Waals surface area contributed by atoms with Gasteiger partial charge in [0.15, 0.2) is 0 Å². The summed E-state index contributed by atoms with van der Waals surface area (Å²) in [5.41, 5.74) is 6.32. The van der Waals surface area contributed by atoms with E-state index in [-0.39, 0.29) is 5.82 Å². The molecule has 0 amide bonds. The van der Waals surface area contributed by atoms with Gasteiger partial charge in [-0.1, -0.05) is 0 Å². The Hall–Kier alpha value is -0.0600. The van der Waals surface area contributed by atoms with Crippen LogP contribution in [0.3, 0.4) is 0 Å². The van der Waals surface area contributed by atoms with E-state index in [1.807, 2.05) is 12.3 Å². The third-order valence-electron chi connectivity index (χ3n) is 1.70. The van der Waals surface area contributed by atoms with E-state index < -0.39 is 0 Å². The molecule has 0 bridgehead atoms. The normalized spacial score (nSPS) is 10.5. The first-order chi connectivity index (χ1) is 6.19. The van der Waals surface area contributed by atoms with Crippen molar-refractivity contribution in [3.05, 3.63) is 28.0 Å². The van der Waals surface area contributed by atoms with Gasteiger partial charge in [-0.15, -0.1) is 11.8 Å². The Morgan fingerprint density at radius 1 is 1.54 bits per heavy atom. The van der Waals surface area contributed by atoms with Gasteiger partial charge in [0, 0.05) is 4.47 Å². The second kappa shape index (κ2) is 4.98. The molecule has 0 aliphatic rings. The Morgan fingerprint density at radius 3 is 2.69 bits per heavy atom. The molecule has 1 aromatic rings. The average Bonchev–Trinajstić information content (AvgIpc) is 2.04. The first-order valence-electron chi connectivity index (χ1n) is 3.91. The minimum atomic E-state index is -0.176. The minimum Gasteiger partial charge on any atom is -0.330 e. The molecule has 0 saturated carbocycles. The average molecular weight is 264 g/mol. The molecule has 1 aromatic carbocycles. The summed E-state index contributed by atoms with van der Waals surface area (Å²) in [4.78, 5) is 0.653. The predicted molar refractivity (Wildman–Crippen MR) is 58.6 cm³/mol. The molecule has 0 saturated heterocycles. The summed E-state index contributed by atoms with van der Waals surface area (Å²) in [6.07, 6.45) is 2.57. The maximum Gasteiger partial charge on any atom is 0.138 e. The van der Waals surface area contributed by atoms with E-state index in [2.05, 4.69) is 15.9 Å². The summed E-state index contributed by atoms with van der Waals surface area (Å²) in [6.45, 7) is 0.546. The zero-order valence-electron chi connectivity index (χ0n) is 7.31. The van der Waals surface area contributed by atoms with Crippen LogP contribution < -0.4 is 5.73 Å². The van der Waals surface area contributed by atoms with Crippen molar-refractivity contribution in [3.8, 4) is 0 Å². The van der Waals surface area contributed by atoms with E-state index in [4.69, 9.17) is 5.73 Å². The summed E-state index contributed by atoms with van der Waals surface area (Å²) < 4.78 is 14.2. The monoisotopic (exact) mass is 263 g/mol. The molecule has 1 rings (SSSR count). The summed E-state index contributed by atoms with van der Waals surface area (Å²) in [5, 5.41) is 0. The molecule has 0 aromatic heterocycles. The largest absolute Gasteiger partial charge is 0.330 e. The van der Waals surface area contributed by atoms with E-state index in [9.17, 15) is 4.39 Å². The molecule has 0 aliphatic carbocycles. The molecular weight excluding hydrogens is 253 g/mol. The Bertz CT molecular complexity index is 281. The first kappa shape index (κ1) is 11.0. The van der Waals surface area contributed by atoms with E-state index in [1.54, 1.807) is 6.07 Å². The van der Waals surface area contributed by atoms with Crippen LogP contribution in [-0.4, -0.2) is 12.8 Å². The van der Waals surface area contributed by atoms with Gasteiger partial charge in [0.25, 0.3) is 0 Å². The van der Waals surface area contributed by atoms with E-state index in [0.717, 1.165) is 10.0 Å². The highest BCUT2D eigenvalue weighted by molar-refractivity contribution is 9.10. The molecule has 1 nitrogen and oxygen atoms in total. The van der Waals surface area contributed by atoms with Gasteiger partial charge in [-0.25, -0.2) is 4.39 Å². The van der Waals surface area contributed by atoms with Crippen LogP contribution in [0.25, 0.3) is 0 Å². The molecule has 13 heavy (non-hydrogen) atoms. The van der Waals surface area contributed by atoms with Crippen LogP contribution in [0.1, 0.15) is 5.56 Å². The number of halogens is 2. The maximum absolute atomic E-state index is 13.3. The fourth-order valence-electron chi connectivity index (χ4n) is 1.12. The van der Waals surface area contributed by atoms with Crippen LogP contribution in [0.15, 0.2) is 21.5 Å². The van der Waals surface area contributed by atoms with E-state index in [1.165, 1.54) is 11.8 Å². The van der Waals surface area contributed by atoms with Gasteiger partial charge in [0.05, 0.1) is 4.90 Å². The second-order valence-electron chi connectivity index (χ2n) is 2.63. The molecule has 0 unspecified atom stereocenters. The third-order valence-corrected chi connectivity index (χ3v) is 3.41. The molecule has 0 heterocycles. The fourth-order valence-corrected chi connectivity index (χ4v) is 2.60. The van der Waals surface area contributed by atoms with Crippen LogP contribution in [0.2, 0.25) is 0 Å². The lowest BCUT2D eigenvalue weighted by Crippen LogP contribution is -2.03. The number of hydrogen-bond acceptors (Lipinski definition) is 2. The van der Waals surface area contributed by atoms with Crippen molar-refractivity contribution in [1.82, 2.24) is 0 Å². The molecule has 72 valence electrons. The van der Waals surface area contributed by atoms with Crippen LogP contribution in [0, 0.1) is 5.82 Å². The number of thioether (sulfide) groups is 1. The van der Waals surface area contributed by atoms with Crippen molar-refractivity contribution in [2.45, 2.75) is 11.3 Å². The van der Waals surface area contributed by atoms with Crippen LogP contribution in [-0.2, 0) is 6.42 Å². The smallest absolute Gasteiger partial charge is 0.138 e. The number of benzene rings is 1. The lowest BCUT2D eigenvalue weighted by atomic mass is 10.1. The molecule has 0 radical (unpaired) electrons. The SMILES string of the molecule is CSc1c(F)cc(CCN)cc1Br. The van der Waals surface area contributed by atoms with Crippen molar-refractivity contribution in [1.29, 1.82) is 0 Å². The summed E-state index contributed by atoms with van der Waals surface area (Å²) in [7, 11) is 0. The lowest BCUT2D eigenvalue weighted by Gasteiger charge is -2.05. The third kappa shape index (κ3) is 2.69. The number of rotatable bonds is 3. The van der Waals surface area contributed by atoms with Crippen molar-refractivity contribution < 1.29 is 4.39 Å². The van der Waals surface area contributed by atoms with Gasteiger partial charge < -0.3 is 5.73 Å². The number of nitrogens with two attached hydrogens (primary N) is 1. The highest BCUT2D eigenvalue weighted by Crippen LogP contribution is 2.29. The molecule has 0 aliphatic heterocycles. The second-order valence-corrected chi connectivity index (χ2v) is 4.30. The Labute approximate surface area is 90.0 Å². The highest BCUT2D eigenvalue weighted by atomic mass is 79.9. The standard InChI is InChI=1S/C9H11BrFNS/c1-13-9-7(10)4-6(2-3-12)5-8(9)11/h4-5H,2-3,12H2,1H3. The van der Waals surface area contributed by atoms with Crippen LogP contribution >= 0.6 is 27.7 Å². The Morgan fingerprint density at radius 2 is 2.23 bits per heavy atom. The van der Waals surface area contributed by atoms with Gasteiger partial charge in [0.1, 0.15) is 5.82 Å². The van der Waals surface area contributed by atoms with Crippen molar-refractivity contribution >= 4 is 27.7 Å². The highest BCUT2D eigenvalue weighted by Gasteiger charge is 2.07. The van der Waals surface area contributed by atoms with Crippen molar-refractivity contribution in [2.24, 2.45) is 5.73 Å². The van der Waals surface area contributed by atoms with Crippen molar-refractivity contribution in [2.75, 3.05) is 12.8 Å². The summed E-state index contributed by atoms with van der Waals surface area (Å²) in [6, 6.07) is 3.46. The van der Waals surface area contributed by atoms with Gasteiger partial charge >= 0.3 is 0 Å². The Balaban J connectivity index is 3.05. The van der Waals surface area contributed by atoms with Gasteiger partial charge in [-0.3, -0.25) is 0 Å². The minimum absolute atomic E-state index is 0.176. The van der Waals surface area contributed by atoms with Crippen LogP contribution in [0.4, 0.5) is 4.39 Å². The summed E-state index contributed by atoms with van der Waals surface area (Å²) >= 11 is 4.72. The predicted octanol–water partition coefficient (Wildman–Crippen LogP) is 2.81. The molecular formula is C9H11BrFNS. The molecule has 2 N–H and O–H groups in total. The van der Waals surface area contributed by atoms with Crippen molar-refractivity contribution in [3.63, 3.8) is 0 Å². The van der Waals surface area contributed by atoms with Gasteiger partial charge in [-0.05, 0) is 52.8 Å². The van der Waals surface area contributed by atoms with Crippen LogP contribution in [0.5, 0.6) is 0 Å². The first-order valence-corrected chi connectivity index (χ1v) is 5.92. The fraction of sp³-hybridized carbons (Fsp3) is 0.333. The molecule has 0 fully saturated rings. The quantitative estimate of drug-likeness (QED) is 0.849. The zero-order valence-corrected chi connectivity index (χ0v) is 9.71. The van der Waals surface area contributed by atoms with E-state index in [0.29, 0.717) is 17.9 Å². The summed E-state index contributed by atoms with van der Waals surface area (Å²) in [5.74, 6) is -0.176.